The van der Waals surface area contributed by atoms with Crippen molar-refractivity contribution in [2.75, 3.05) is 13.1 Å². The fourth-order valence-electron chi connectivity index (χ4n) is 1.59. The number of piperidine rings is 1. The fourth-order valence-corrected chi connectivity index (χ4v) is 1.59. The van der Waals surface area contributed by atoms with E-state index in [2.05, 4.69) is 5.32 Å². The van der Waals surface area contributed by atoms with Crippen molar-refractivity contribution in [1.82, 2.24) is 5.32 Å². The molecular formula is C8H16FN. The molecule has 1 aliphatic rings. The quantitative estimate of drug-likeness (QED) is 0.625. The van der Waals surface area contributed by atoms with Crippen LogP contribution in [0.4, 0.5) is 4.39 Å². The largest absolute Gasteiger partial charge is 0.314 e. The number of halogens is 1. The van der Waals surface area contributed by atoms with Crippen molar-refractivity contribution in [2.24, 2.45) is 0 Å². The lowest BCUT2D eigenvalue weighted by molar-refractivity contribution is 0.110. The highest BCUT2D eigenvalue weighted by atomic mass is 19.1. The molecule has 0 radical (unpaired) electrons. The van der Waals surface area contributed by atoms with Crippen LogP contribution in [0.15, 0.2) is 0 Å². The summed E-state index contributed by atoms with van der Waals surface area (Å²) in [6.45, 7) is 3.60. The van der Waals surface area contributed by atoms with Crippen LogP contribution in [0.25, 0.3) is 0 Å². The highest BCUT2D eigenvalue weighted by Crippen LogP contribution is 2.25. The monoisotopic (exact) mass is 145 g/mol. The Morgan fingerprint density at radius 2 is 2.40 bits per heavy atom. The second kappa shape index (κ2) is 3.33. The molecule has 0 saturated carbocycles. The van der Waals surface area contributed by atoms with E-state index < -0.39 is 5.67 Å². The van der Waals surface area contributed by atoms with Crippen LogP contribution in [0.5, 0.6) is 0 Å². The number of rotatable bonds is 2. The van der Waals surface area contributed by atoms with E-state index in [9.17, 15) is 4.39 Å². The van der Waals surface area contributed by atoms with Crippen LogP contribution in [0.1, 0.15) is 32.6 Å². The van der Waals surface area contributed by atoms with Crippen molar-refractivity contribution in [2.45, 2.75) is 38.3 Å². The first-order valence-electron chi connectivity index (χ1n) is 4.16. The Morgan fingerprint density at radius 1 is 1.60 bits per heavy atom. The van der Waals surface area contributed by atoms with Crippen molar-refractivity contribution >= 4 is 0 Å². The van der Waals surface area contributed by atoms with Gasteiger partial charge in [-0.2, -0.15) is 0 Å². The third-order valence-corrected chi connectivity index (χ3v) is 2.12. The molecule has 0 spiro atoms. The summed E-state index contributed by atoms with van der Waals surface area (Å²) in [6, 6.07) is 0. The van der Waals surface area contributed by atoms with Gasteiger partial charge in [0.05, 0.1) is 0 Å². The molecule has 1 fully saturated rings. The number of hydrogen-bond acceptors (Lipinski definition) is 1. The van der Waals surface area contributed by atoms with Crippen LogP contribution < -0.4 is 5.32 Å². The van der Waals surface area contributed by atoms with Crippen molar-refractivity contribution in [3.8, 4) is 0 Å². The molecule has 1 heterocycles. The Hall–Kier alpha value is -0.110. The van der Waals surface area contributed by atoms with E-state index in [-0.39, 0.29) is 0 Å². The molecule has 1 aliphatic heterocycles. The zero-order valence-corrected chi connectivity index (χ0v) is 6.62. The first-order chi connectivity index (χ1) is 4.77. The van der Waals surface area contributed by atoms with E-state index in [4.69, 9.17) is 0 Å². The van der Waals surface area contributed by atoms with Crippen LogP contribution in [0, 0.1) is 0 Å². The van der Waals surface area contributed by atoms with Crippen molar-refractivity contribution in [3.63, 3.8) is 0 Å². The van der Waals surface area contributed by atoms with Crippen molar-refractivity contribution < 1.29 is 4.39 Å². The summed E-state index contributed by atoms with van der Waals surface area (Å²) in [5.41, 5.74) is -0.882. The summed E-state index contributed by atoms with van der Waals surface area (Å²) in [7, 11) is 0. The number of alkyl halides is 1. The maximum Gasteiger partial charge on any atom is 0.123 e. The second-order valence-corrected chi connectivity index (χ2v) is 3.18. The van der Waals surface area contributed by atoms with Crippen molar-refractivity contribution in [3.05, 3.63) is 0 Å². The highest BCUT2D eigenvalue weighted by molar-refractivity contribution is 4.84. The first kappa shape index (κ1) is 7.99. The summed E-state index contributed by atoms with van der Waals surface area (Å²) < 4.78 is 13.5. The van der Waals surface area contributed by atoms with Crippen LogP contribution in [0.3, 0.4) is 0 Å². The molecule has 1 unspecified atom stereocenters. The molecule has 0 aromatic rings. The SMILES string of the molecule is CCCC1(F)CCCNC1. The van der Waals surface area contributed by atoms with E-state index in [0.717, 1.165) is 32.2 Å². The van der Waals surface area contributed by atoms with Gasteiger partial charge in [-0.3, -0.25) is 0 Å². The van der Waals surface area contributed by atoms with Gasteiger partial charge in [-0.15, -0.1) is 0 Å². The molecule has 1 N–H and O–H groups in total. The van der Waals surface area contributed by atoms with Gasteiger partial charge in [-0.25, -0.2) is 4.39 Å². The predicted octanol–water partition coefficient (Wildman–Crippen LogP) is 1.88. The van der Waals surface area contributed by atoms with Gasteiger partial charge in [0.1, 0.15) is 5.67 Å². The van der Waals surface area contributed by atoms with E-state index in [1.807, 2.05) is 6.92 Å². The summed E-state index contributed by atoms with van der Waals surface area (Å²) >= 11 is 0. The van der Waals surface area contributed by atoms with Gasteiger partial charge in [0.2, 0.25) is 0 Å². The summed E-state index contributed by atoms with van der Waals surface area (Å²) in [6.07, 6.45) is 3.43. The van der Waals surface area contributed by atoms with Gasteiger partial charge < -0.3 is 5.32 Å². The molecule has 0 aliphatic carbocycles. The Bertz CT molecular complexity index is 91.9. The molecule has 10 heavy (non-hydrogen) atoms. The second-order valence-electron chi connectivity index (χ2n) is 3.18. The minimum atomic E-state index is -0.882. The van der Waals surface area contributed by atoms with Crippen LogP contribution >= 0.6 is 0 Å². The summed E-state index contributed by atoms with van der Waals surface area (Å²) in [5.74, 6) is 0. The zero-order chi connectivity index (χ0) is 7.45. The lowest BCUT2D eigenvalue weighted by Gasteiger charge is -2.29. The smallest absolute Gasteiger partial charge is 0.123 e. The molecule has 1 saturated heterocycles. The normalized spacial score (nSPS) is 34.2. The van der Waals surface area contributed by atoms with Gasteiger partial charge in [0.15, 0.2) is 0 Å². The lowest BCUT2D eigenvalue weighted by Crippen LogP contribution is -2.41. The summed E-state index contributed by atoms with van der Waals surface area (Å²) in [4.78, 5) is 0. The Kier molecular flexibility index (Phi) is 2.66. The summed E-state index contributed by atoms with van der Waals surface area (Å²) in [5, 5.41) is 3.09. The fraction of sp³-hybridized carbons (Fsp3) is 1.00. The van der Waals surface area contributed by atoms with Gasteiger partial charge in [0.25, 0.3) is 0 Å². The van der Waals surface area contributed by atoms with Crippen LogP contribution in [0.2, 0.25) is 0 Å². The Balaban J connectivity index is 2.32. The van der Waals surface area contributed by atoms with E-state index >= 15 is 0 Å². The van der Waals surface area contributed by atoms with Gasteiger partial charge in [-0.1, -0.05) is 13.3 Å². The molecule has 1 rings (SSSR count). The first-order valence-corrected chi connectivity index (χ1v) is 4.16. The van der Waals surface area contributed by atoms with Gasteiger partial charge in [0, 0.05) is 6.54 Å². The van der Waals surface area contributed by atoms with E-state index in [1.54, 1.807) is 0 Å². The van der Waals surface area contributed by atoms with Crippen LogP contribution in [-0.4, -0.2) is 18.8 Å². The maximum absolute atomic E-state index is 13.5. The lowest BCUT2D eigenvalue weighted by atomic mass is 9.92. The molecule has 1 nitrogen and oxygen atoms in total. The minimum absolute atomic E-state index is 0.570. The number of hydrogen-bond donors (Lipinski definition) is 1. The highest BCUT2D eigenvalue weighted by Gasteiger charge is 2.29. The minimum Gasteiger partial charge on any atom is -0.314 e. The molecule has 2 heteroatoms. The molecule has 0 aromatic carbocycles. The molecule has 0 aromatic heterocycles. The topological polar surface area (TPSA) is 12.0 Å². The zero-order valence-electron chi connectivity index (χ0n) is 6.62. The molecule has 0 bridgehead atoms. The Morgan fingerprint density at radius 3 is 2.90 bits per heavy atom. The molecule has 1 atom stereocenters. The van der Waals surface area contributed by atoms with Gasteiger partial charge in [-0.05, 0) is 25.8 Å². The third kappa shape index (κ3) is 1.94. The Labute approximate surface area is 62.0 Å². The maximum atomic E-state index is 13.5. The molecular weight excluding hydrogens is 129 g/mol. The number of nitrogens with one attached hydrogen (secondary N) is 1. The predicted molar refractivity (Wildman–Crippen MR) is 40.9 cm³/mol. The van der Waals surface area contributed by atoms with Crippen molar-refractivity contribution in [1.29, 1.82) is 0 Å². The van der Waals surface area contributed by atoms with E-state index in [0.29, 0.717) is 6.54 Å². The molecule has 0 amide bonds. The third-order valence-electron chi connectivity index (χ3n) is 2.12. The van der Waals surface area contributed by atoms with Crippen LogP contribution in [-0.2, 0) is 0 Å². The average molecular weight is 145 g/mol. The van der Waals surface area contributed by atoms with E-state index in [1.165, 1.54) is 0 Å². The standard InChI is InChI=1S/C8H16FN/c1-2-4-8(9)5-3-6-10-7-8/h10H,2-7H2,1H3. The van der Waals surface area contributed by atoms with Gasteiger partial charge >= 0.3 is 0 Å². The average Bonchev–Trinajstić information content (AvgIpc) is 1.89. The molecule has 60 valence electrons.